The molecule has 0 radical (unpaired) electrons. The summed E-state index contributed by atoms with van der Waals surface area (Å²) < 4.78 is 16.9. The van der Waals surface area contributed by atoms with Gasteiger partial charge in [0.1, 0.15) is 13.2 Å². The van der Waals surface area contributed by atoms with E-state index in [2.05, 4.69) is 32.9 Å². The summed E-state index contributed by atoms with van der Waals surface area (Å²) in [6.45, 7) is 6.71. The highest BCUT2D eigenvalue weighted by atomic mass is 16.6. The van der Waals surface area contributed by atoms with Crippen LogP contribution in [0.25, 0.3) is 0 Å². The fraction of sp³-hybridized carbons (Fsp3) is 0.923. The maximum absolute atomic E-state index is 12.9. The van der Waals surface area contributed by atoms with Gasteiger partial charge in [-0.2, -0.15) is 0 Å². The van der Waals surface area contributed by atoms with Gasteiger partial charge in [-0.25, -0.2) is 0 Å². The minimum atomic E-state index is -0.766. The van der Waals surface area contributed by atoms with Crippen LogP contribution in [0.3, 0.4) is 0 Å². The molecule has 6 heteroatoms. The molecule has 0 aliphatic heterocycles. The monoisotopic (exact) mass is 1000 g/mol. The Morgan fingerprint density at radius 2 is 0.465 bits per heavy atom. The first kappa shape index (κ1) is 69.2. The third kappa shape index (κ3) is 58.9. The second-order valence-corrected chi connectivity index (χ2v) is 22.0. The smallest absolute Gasteiger partial charge is 0.306 e. The molecule has 0 saturated carbocycles. The fourth-order valence-corrected chi connectivity index (χ4v) is 9.91. The molecule has 0 saturated heterocycles. The lowest BCUT2D eigenvalue weighted by Crippen LogP contribution is -2.30. The van der Waals surface area contributed by atoms with Gasteiger partial charge in [0.05, 0.1) is 0 Å². The molecule has 0 spiro atoms. The summed E-state index contributed by atoms with van der Waals surface area (Å²) in [4.78, 5) is 38.3. The van der Waals surface area contributed by atoms with Gasteiger partial charge in [0.2, 0.25) is 0 Å². The molecule has 6 nitrogen and oxygen atoms in total. The molecule has 0 aromatic heterocycles. The second-order valence-electron chi connectivity index (χ2n) is 22.0. The predicted octanol–water partition coefficient (Wildman–Crippen LogP) is 21.7. The number of hydrogen-bond donors (Lipinski definition) is 0. The lowest BCUT2D eigenvalue weighted by Gasteiger charge is -2.18. The van der Waals surface area contributed by atoms with Crippen LogP contribution in [0.1, 0.15) is 367 Å². The van der Waals surface area contributed by atoms with Crippen molar-refractivity contribution in [3.8, 4) is 0 Å². The van der Waals surface area contributed by atoms with E-state index in [-0.39, 0.29) is 31.1 Å². The van der Waals surface area contributed by atoms with Crippen molar-refractivity contribution < 1.29 is 28.6 Å². The highest BCUT2D eigenvalue weighted by molar-refractivity contribution is 5.71. The van der Waals surface area contributed by atoms with Gasteiger partial charge in [-0.15, -0.1) is 0 Å². The molecular weight excluding hydrogens is 877 g/mol. The molecular formula is C65H124O6. The van der Waals surface area contributed by atoms with Crippen LogP contribution in [-0.2, 0) is 28.6 Å². The summed E-state index contributed by atoms with van der Waals surface area (Å²) in [6, 6.07) is 0. The Kier molecular flexibility index (Phi) is 59.1. The number of rotatable bonds is 60. The molecule has 0 aliphatic rings. The van der Waals surface area contributed by atoms with E-state index in [1.165, 1.54) is 270 Å². The lowest BCUT2D eigenvalue weighted by molar-refractivity contribution is -0.167. The van der Waals surface area contributed by atoms with Crippen molar-refractivity contribution in [2.24, 2.45) is 0 Å². The molecule has 0 amide bonds. The molecule has 1 atom stereocenters. The summed E-state index contributed by atoms with van der Waals surface area (Å²) >= 11 is 0. The van der Waals surface area contributed by atoms with Crippen LogP contribution in [0.4, 0.5) is 0 Å². The van der Waals surface area contributed by atoms with Crippen LogP contribution >= 0.6 is 0 Å². The van der Waals surface area contributed by atoms with Crippen molar-refractivity contribution in [2.45, 2.75) is 374 Å². The first-order valence-corrected chi connectivity index (χ1v) is 32.2. The number of ether oxygens (including phenoxy) is 3. The number of esters is 3. The van der Waals surface area contributed by atoms with Gasteiger partial charge >= 0.3 is 17.9 Å². The van der Waals surface area contributed by atoms with Gasteiger partial charge in [0.25, 0.3) is 0 Å². The van der Waals surface area contributed by atoms with E-state index in [9.17, 15) is 14.4 Å². The number of unbranched alkanes of at least 4 members (excludes halogenated alkanes) is 47. The average Bonchev–Trinajstić information content (AvgIpc) is 3.37. The Bertz CT molecular complexity index is 1100. The molecule has 0 aromatic carbocycles. The van der Waals surface area contributed by atoms with Gasteiger partial charge in [-0.05, 0) is 44.9 Å². The number of hydrogen-bond acceptors (Lipinski definition) is 6. The van der Waals surface area contributed by atoms with Crippen molar-refractivity contribution in [3.63, 3.8) is 0 Å². The maximum atomic E-state index is 12.9. The minimum absolute atomic E-state index is 0.0642. The van der Waals surface area contributed by atoms with Gasteiger partial charge < -0.3 is 14.2 Å². The zero-order chi connectivity index (χ0) is 51.4. The van der Waals surface area contributed by atoms with Crippen molar-refractivity contribution in [2.75, 3.05) is 13.2 Å². The average molecular weight is 1000 g/mol. The van der Waals surface area contributed by atoms with Crippen LogP contribution in [0.2, 0.25) is 0 Å². The Hall–Kier alpha value is -1.85. The molecule has 0 rings (SSSR count). The maximum Gasteiger partial charge on any atom is 0.306 e. The van der Waals surface area contributed by atoms with Gasteiger partial charge in [0.15, 0.2) is 6.10 Å². The highest BCUT2D eigenvalue weighted by Crippen LogP contribution is 2.18. The largest absolute Gasteiger partial charge is 0.462 e. The second kappa shape index (κ2) is 60.7. The number of carbonyl (C=O) groups excluding carboxylic acids is 3. The molecule has 0 aliphatic carbocycles. The lowest BCUT2D eigenvalue weighted by atomic mass is 10.0. The molecule has 0 bridgehead atoms. The van der Waals surface area contributed by atoms with E-state index in [0.717, 1.165) is 57.8 Å². The molecule has 0 heterocycles. The zero-order valence-corrected chi connectivity index (χ0v) is 48.3. The van der Waals surface area contributed by atoms with E-state index >= 15 is 0 Å². The number of carbonyl (C=O) groups is 3. The van der Waals surface area contributed by atoms with E-state index in [1.807, 2.05) is 0 Å². The summed E-state index contributed by atoms with van der Waals surface area (Å²) in [5, 5.41) is 0. The van der Waals surface area contributed by atoms with Crippen LogP contribution in [-0.4, -0.2) is 37.2 Å². The Balaban J connectivity index is 4.26. The van der Waals surface area contributed by atoms with E-state index in [1.54, 1.807) is 0 Å². The molecule has 71 heavy (non-hydrogen) atoms. The highest BCUT2D eigenvalue weighted by Gasteiger charge is 2.19. The normalized spacial score (nSPS) is 12.0. The fourth-order valence-electron chi connectivity index (χ4n) is 9.91. The van der Waals surface area contributed by atoms with Crippen molar-refractivity contribution >= 4 is 17.9 Å². The summed E-state index contributed by atoms with van der Waals surface area (Å²) in [5.74, 6) is -0.836. The standard InChI is InChI=1S/C65H124O6/c1-4-7-10-13-16-19-22-25-27-29-31-32-34-35-37-40-43-46-49-52-55-58-64(67)70-61-62(60-69-63(66)57-54-51-48-45-42-39-24-21-18-15-12-9-6-3)71-65(68)59-56-53-50-47-44-41-38-36-33-30-28-26-23-20-17-14-11-8-5-2/h26,28,62H,4-25,27,29-61H2,1-3H3/b28-26-. The first-order valence-electron chi connectivity index (χ1n) is 32.2. The topological polar surface area (TPSA) is 78.9 Å². The van der Waals surface area contributed by atoms with Crippen LogP contribution < -0.4 is 0 Å². The van der Waals surface area contributed by atoms with Crippen LogP contribution in [0.5, 0.6) is 0 Å². The van der Waals surface area contributed by atoms with E-state index in [0.29, 0.717) is 19.3 Å². The predicted molar refractivity (Wildman–Crippen MR) is 307 cm³/mol. The first-order chi connectivity index (χ1) is 35.0. The summed E-state index contributed by atoms with van der Waals surface area (Å²) in [6.07, 6.45) is 70.7. The van der Waals surface area contributed by atoms with Crippen molar-refractivity contribution in [3.05, 3.63) is 12.2 Å². The third-order valence-electron chi connectivity index (χ3n) is 14.8. The summed E-state index contributed by atoms with van der Waals surface area (Å²) in [7, 11) is 0. The molecule has 0 N–H and O–H groups in total. The minimum Gasteiger partial charge on any atom is -0.462 e. The van der Waals surface area contributed by atoms with Gasteiger partial charge in [-0.3, -0.25) is 14.4 Å². The van der Waals surface area contributed by atoms with Crippen LogP contribution in [0, 0.1) is 0 Å². The Morgan fingerprint density at radius 3 is 0.704 bits per heavy atom. The van der Waals surface area contributed by atoms with E-state index < -0.39 is 6.10 Å². The third-order valence-corrected chi connectivity index (χ3v) is 14.8. The van der Waals surface area contributed by atoms with Gasteiger partial charge in [0, 0.05) is 19.3 Å². The van der Waals surface area contributed by atoms with Crippen LogP contribution in [0.15, 0.2) is 12.2 Å². The molecule has 1 unspecified atom stereocenters. The quantitative estimate of drug-likeness (QED) is 0.0261. The summed E-state index contributed by atoms with van der Waals surface area (Å²) in [5.41, 5.74) is 0. The molecule has 0 fully saturated rings. The Morgan fingerprint density at radius 1 is 0.268 bits per heavy atom. The zero-order valence-electron chi connectivity index (χ0n) is 48.3. The number of allylic oxidation sites excluding steroid dienone is 2. The van der Waals surface area contributed by atoms with Crippen molar-refractivity contribution in [1.29, 1.82) is 0 Å². The molecule has 0 aromatic rings. The van der Waals surface area contributed by atoms with E-state index in [4.69, 9.17) is 14.2 Å². The SMILES string of the molecule is CCCCCCCC/C=C\CCCCCCCCCCCC(=O)OC(COC(=O)CCCCCCCCCCCCCCC)COC(=O)CCCCCCCCCCCCCCCCCCCCCCC. The Labute approximate surface area is 443 Å². The molecule has 420 valence electrons. The van der Waals surface area contributed by atoms with Gasteiger partial charge in [-0.1, -0.05) is 315 Å². The van der Waals surface area contributed by atoms with Crippen molar-refractivity contribution in [1.82, 2.24) is 0 Å².